The van der Waals surface area contributed by atoms with E-state index in [1.165, 1.54) is 35.3 Å². The smallest absolute Gasteiger partial charge is 0.290 e. The number of nitrogens with two attached hydrogens (primary N) is 1. The van der Waals surface area contributed by atoms with Crippen LogP contribution in [-0.2, 0) is 28.7 Å². The van der Waals surface area contributed by atoms with E-state index in [9.17, 15) is 47.9 Å². The first-order valence-electron chi connectivity index (χ1n) is 39.8. The zero-order valence-corrected chi connectivity index (χ0v) is 72.2. The largest absolute Gasteiger partial charge is 0.481 e. The topological polar surface area (TPSA) is 436 Å². The van der Waals surface area contributed by atoms with E-state index < -0.39 is 11.8 Å². The molecule has 0 radical (unpaired) electrons. The summed E-state index contributed by atoms with van der Waals surface area (Å²) >= 11 is 4.39. The monoisotopic (exact) mass is 1770 g/mol. The van der Waals surface area contributed by atoms with Crippen molar-refractivity contribution in [3.05, 3.63) is 162 Å². The van der Waals surface area contributed by atoms with Crippen LogP contribution < -0.4 is 76.1 Å². The number of nitrogens with one attached hydrogen (secondary N) is 5. The highest BCUT2D eigenvalue weighted by molar-refractivity contribution is 8.19. The average Bonchev–Trinajstić information content (AvgIpc) is 1.78. The number of imide groups is 5. The zero-order chi connectivity index (χ0) is 86.5. The number of amides is 10. The van der Waals surface area contributed by atoms with Gasteiger partial charge in [0.25, 0.3) is 55.7 Å². The summed E-state index contributed by atoms with van der Waals surface area (Å²) in [6, 6.07) is 25.7. The van der Waals surface area contributed by atoms with E-state index in [4.69, 9.17) is 19.9 Å². The lowest BCUT2D eigenvalue weighted by Gasteiger charge is -2.36. The van der Waals surface area contributed by atoms with Crippen molar-refractivity contribution in [3.63, 3.8) is 0 Å². The molecular weight excluding hydrogens is 1680 g/mol. The van der Waals surface area contributed by atoms with Crippen LogP contribution in [0.4, 0.5) is 65.1 Å². The number of carbonyl (C=O) groups is 10. The maximum atomic E-state index is 11.9. The Balaban J connectivity index is 0.000000134. The van der Waals surface area contributed by atoms with Crippen molar-refractivity contribution in [2.45, 2.75) is 71.8 Å². The maximum absolute atomic E-state index is 11.9. The molecule has 2 unspecified atom stereocenters. The number of hydrogen-bond acceptors (Lipinski definition) is 36. The van der Waals surface area contributed by atoms with Crippen molar-refractivity contribution < 1.29 is 62.2 Å². The predicted octanol–water partition coefficient (Wildman–Crippen LogP) is 9.46. The molecule has 0 bridgehead atoms. The number of anilines is 7. The number of hydrogen-bond donors (Lipinski definition) is 6. The van der Waals surface area contributed by atoms with Crippen molar-refractivity contribution in [1.29, 1.82) is 0 Å². The van der Waals surface area contributed by atoms with E-state index in [1.54, 1.807) is 93.5 Å². The van der Waals surface area contributed by atoms with E-state index in [2.05, 4.69) is 175 Å². The third kappa shape index (κ3) is 25.4. The highest BCUT2D eigenvalue weighted by Gasteiger charge is 2.32. The van der Waals surface area contributed by atoms with Crippen LogP contribution in [0.25, 0.3) is 30.4 Å². The van der Waals surface area contributed by atoms with Crippen LogP contribution in [0.5, 0.6) is 11.8 Å². The summed E-state index contributed by atoms with van der Waals surface area (Å²) in [5, 5.41) is 9.37. The zero-order valence-electron chi connectivity index (χ0n) is 68.1. The molecule has 5 aromatic heterocycles. The molecule has 10 aliphatic heterocycles. The Kier molecular flexibility index (Phi) is 30.9. The summed E-state index contributed by atoms with van der Waals surface area (Å²) in [7, 11) is 3.14. The van der Waals surface area contributed by atoms with Gasteiger partial charge in [-0.05, 0) is 184 Å². The third-order valence-corrected chi connectivity index (χ3v) is 24.1. The second-order valence-electron chi connectivity index (χ2n) is 29.2. The van der Waals surface area contributed by atoms with Crippen LogP contribution in [0, 0.1) is 19.8 Å². The second-order valence-corrected chi connectivity index (χ2v) is 34.3. The summed E-state index contributed by atoms with van der Waals surface area (Å²) < 4.78 is 16.1. The van der Waals surface area contributed by atoms with Crippen LogP contribution in [0.1, 0.15) is 91.5 Å². The Hall–Kier alpha value is -11.9. The number of aromatic nitrogens is 10. The molecule has 10 aliphatic rings. The minimum atomic E-state index is -0.422. The molecule has 10 saturated heterocycles. The SMILES string of the molecule is CC1CCN(c2nccc(/C=C3\SC(=O)NC3=O)n2)C1.COCCOc1cc(/C=C2\SC(=O)NC2=O)nc(N2CCN(c3ccc(C)cc3)CC2)n1.COc1cc(/C=C2\SC(=O)NC2=O)nc(N2CCN(c3ccc(C)cc3)CC2)n1.NC1CCCN(c2nccc(/C=C3\SC(=O)NC3=O)n2)C1.O=C1NC(=O)/C(=C/c2ccnc(N3CCCCCC3)n2)S1. The molecule has 2 aromatic carbocycles. The van der Waals surface area contributed by atoms with Crippen molar-refractivity contribution in [2.24, 2.45) is 11.7 Å². The van der Waals surface area contributed by atoms with Crippen molar-refractivity contribution >= 4 is 186 Å². The van der Waals surface area contributed by atoms with E-state index in [0.717, 1.165) is 183 Å². The van der Waals surface area contributed by atoms with Gasteiger partial charge in [-0.2, -0.15) is 9.97 Å². The molecule has 41 heteroatoms. The molecule has 0 aliphatic carbocycles. The fourth-order valence-corrected chi connectivity index (χ4v) is 17.0. The molecule has 642 valence electrons. The molecule has 7 N–H and O–H groups in total. The van der Waals surface area contributed by atoms with Crippen LogP contribution >= 0.6 is 58.8 Å². The number of nitrogens with zero attached hydrogens (tertiary/aromatic N) is 17. The van der Waals surface area contributed by atoms with E-state index in [-0.39, 0.29) is 50.0 Å². The van der Waals surface area contributed by atoms with E-state index in [0.29, 0.717) is 114 Å². The normalized spacial score (nSPS) is 20.8. The molecule has 7 aromatic rings. The molecule has 0 spiro atoms. The number of piperazine rings is 2. The minimum absolute atomic E-state index is 0.137. The standard InChI is InChI=1S/C22H25N5O4S.C20H21N5O3S.C14H16N4O2S.C13H15N5O2S.C13H14N4O2S/c1-15-3-5-17(6-4-15)26-7-9-27(10-8-26)21-23-16(13-18-20(28)25-22(29)32-18)14-19(24-21)31-12-11-30-2;1-13-3-5-15(6-4-13)24-7-9-25(10-8-24)19-21-14(12-17(22-19)28-2)11-16-18(26)23-20(27)29-16;19-12-11(21-14(20)17-12)9-10-5-6-15-13(16-10)18-7-3-1-2-4-8-18;14-8-2-1-5-18(7-8)12-15-4-3-9(16-12)6-10-11(19)17-13(20)21-10;1-8-3-5-17(7-8)12-14-4-2-9(15-12)6-10-11(18)16-13(19)20-10/h3-6,13-14H,7-12H2,1-2H3,(H,25,28,29);3-6,11-12H,7-10H2,1-2H3,(H,23,26,27);5-6,9H,1-4,7-8H2,(H,17,19,20);3-4,6,8H,1-2,5,7,14H2,(H,17,19,20);2,4,6,8H,3,5,7H2,1H3,(H,16,18,19)/b18-13-;16-11-;11-9-;2*10-6-. The fraction of sp³-hybridized carbons (Fsp3) is 0.366. The number of piperidine rings is 1. The van der Waals surface area contributed by atoms with E-state index >= 15 is 0 Å². The number of methoxy groups -OCH3 is 2. The number of carbonyl (C=O) groups excluding carboxylic acids is 10. The minimum Gasteiger partial charge on any atom is -0.481 e. The highest BCUT2D eigenvalue weighted by atomic mass is 32.2. The Morgan fingerprint density at radius 3 is 1.07 bits per heavy atom. The van der Waals surface area contributed by atoms with Crippen molar-refractivity contribution in [1.82, 2.24) is 76.4 Å². The van der Waals surface area contributed by atoms with Crippen LogP contribution in [0.15, 0.2) is 122 Å². The maximum Gasteiger partial charge on any atom is 0.290 e. The van der Waals surface area contributed by atoms with Gasteiger partial charge in [-0.25, -0.2) is 39.9 Å². The van der Waals surface area contributed by atoms with Gasteiger partial charge in [0, 0.05) is 147 Å². The average molecular weight is 1770 g/mol. The molecule has 36 nitrogen and oxygen atoms in total. The predicted molar refractivity (Wildman–Crippen MR) is 477 cm³/mol. The van der Waals surface area contributed by atoms with Crippen LogP contribution in [0.3, 0.4) is 0 Å². The number of ether oxygens (including phenoxy) is 3. The van der Waals surface area contributed by atoms with Crippen molar-refractivity contribution in [2.75, 3.05) is 153 Å². The Labute approximate surface area is 730 Å². The first kappa shape index (κ1) is 88.9. The third-order valence-electron chi connectivity index (χ3n) is 20.0. The van der Waals surface area contributed by atoms with Crippen LogP contribution in [-0.4, -0.2) is 231 Å². The van der Waals surface area contributed by atoms with Crippen molar-refractivity contribution in [3.8, 4) is 11.8 Å². The number of rotatable bonds is 17. The summed E-state index contributed by atoms with van der Waals surface area (Å²) in [6.07, 6.45) is 21.0. The molecule has 10 fully saturated rings. The van der Waals surface area contributed by atoms with E-state index in [1.807, 2.05) is 4.90 Å². The second kappa shape index (κ2) is 42.7. The number of benzene rings is 2. The van der Waals surface area contributed by atoms with Gasteiger partial charge in [0.05, 0.1) is 66.7 Å². The molecule has 15 heterocycles. The molecular formula is C82H91N23O13S5. The van der Waals surface area contributed by atoms with Gasteiger partial charge in [-0.3, -0.25) is 74.5 Å². The number of aryl methyl sites for hydroxylation is 2. The Morgan fingerprint density at radius 1 is 0.374 bits per heavy atom. The van der Waals surface area contributed by atoms with Gasteiger partial charge in [0.2, 0.25) is 41.5 Å². The lowest BCUT2D eigenvalue weighted by atomic mass is 10.1. The number of thioether (sulfide) groups is 5. The highest BCUT2D eigenvalue weighted by Crippen LogP contribution is 2.33. The first-order valence-corrected chi connectivity index (χ1v) is 43.9. The van der Waals surface area contributed by atoms with Crippen LogP contribution in [0.2, 0.25) is 0 Å². The lowest BCUT2D eigenvalue weighted by Crippen LogP contribution is -2.47. The first-order chi connectivity index (χ1) is 59.5. The molecule has 123 heavy (non-hydrogen) atoms. The molecule has 0 saturated carbocycles. The molecule has 10 amide bonds. The molecule has 2 atom stereocenters. The summed E-state index contributed by atoms with van der Waals surface area (Å²) in [5.41, 5.74) is 13.8. The van der Waals surface area contributed by atoms with Gasteiger partial charge in [0.1, 0.15) is 6.61 Å². The fourth-order valence-electron chi connectivity index (χ4n) is 13.7. The lowest BCUT2D eigenvalue weighted by molar-refractivity contribution is -0.116. The molecule has 17 rings (SSSR count). The summed E-state index contributed by atoms with van der Waals surface area (Å²) in [6.45, 7) is 19.0. The van der Waals surface area contributed by atoms with Gasteiger partial charge < -0.3 is 54.2 Å². The van der Waals surface area contributed by atoms with Gasteiger partial charge in [-0.1, -0.05) is 55.2 Å². The van der Waals surface area contributed by atoms with Gasteiger partial charge in [0.15, 0.2) is 0 Å². The summed E-state index contributed by atoms with van der Waals surface area (Å²) in [5.74, 6) is 2.58. The summed E-state index contributed by atoms with van der Waals surface area (Å²) in [4.78, 5) is 176. The quantitative estimate of drug-likeness (QED) is 0.0365. The Morgan fingerprint density at radius 2 is 0.715 bits per heavy atom. The van der Waals surface area contributed by atoms with Gasteiger partial charge >= 0.3 is 0 Å². The van der Waals surface area contributed by atoms with Gasteiger partial charge in [-0.15, -0.1) is 0 Å². The Bertz CT molecular complexity index is 5190.